The molecule has 0 bridgehead atoms. The number of hydrogen-bond donors (Lipinski definition) is 5. The molecule has 10 nitrogen and oxygen atoms in total. The van der Waals surface area contributed by atoms with Crippen LogP contribution >= 0.6 is 0 Å². The minimum absolute atomic E-state index is 0.0292. The van der Waals surface area contributed by atoms with Crippen molar-refractivity contribution >= 4 is 23.4 Å². The summed E-state index contributed by atoms with van der Waals surface area (Å²) < 4.78 is 1.35. The zero-order valence-corrected chi connectivity index (χ0v) is 17.2. The van der Waals surface area contributed by atoms with Gasteiger partial charge < -0.3 is 21.5 Å². The minimum Gasteiger partial charge on any atom is -0.480 e. The zero-order chi connectivity index (χ0) is 22.5. The van der Waals surface area contributed by atoms with Gasteiger partial charge in [0.1, 0.15) is 29.4 Å². The van der Waals surface area contributed by atoms with E-state index in [-0.39, 0.29) is 24.0 Å². The predicted molar refractivity (Wildman–Crippen MR) is 115 cm³/mol. The number of carboxylic acid groups (broad SMARTS) is 1. The van der Waals surface area contributed by atoms with Crippen LogP contribution in [-0.2, 0) is 22.6 Å². The second kappa shape index (κ2) is 9.41. The van der Waals surface area contributed by atoms with Crippen LogP contribution in [0, 0.1) is 5.41 Å². The van der Waals surface area contributed by atoms with Gasteiger partial charge in [-0.1, -0.05) is 37.6 Å². The number of nitrogens with one attached hydrogen (secondary N) is 3. The maximum atomic E-state index is 13.0. The largest absolute Gasteiger partial charge is 0.480 e. The second-order valence-electron chi connectivity index (χ2n) is 7.47. The minimum atomic E-state index is -1.04. The van der Waals surface area contributed by atoms with E-state index in [4.69, 9.17) is 11.1 Å². The first-order chi connectivity index (χ1) is 14.8. The summed E-state index contributed by atoms with van der Waals surface area (Å²) in [6.07, 6.45) is 3.28. The molecule has 2 unspecified atom stereocenters. The predicted octanol–water partition coefficient (Wildman–Crippen LogP) is 0.996. The second-order valence-corrected chi connectivity index (χ2v) is 7.47. The number of fused-ring (bicyclic) bond motifs is 1. The third kappa shape index (κ3) is 4.90. The van der Waals surface area contributed by atoms with Gasteiger partial charge in [-0.15, -0.1) is 0 Å². The molecule has 0 aliphatic carbocycles. The number of rotatable bonds is 9. The number of aromatic nitrogens is 2. The number of amides is 1. The highest BCUT2D eigenvalue weighted by Crippen LogP contribution is 2.23. The zero-order valence-electron chi connectivity index (χ0n) is 17.2. The first-order valence-corrected chi connectivity index (χ1v) is 10.1. The van der Waals surface area contributed by atoms with Crippen molar-refractivity contribution < 1.29 is 14.7 Å². The quantitative estimate of drug-likeness (QED) is 0.295. The SMILES string of the molecule is CCCC(Nc1cnc2n(c1=O)C(C(=O)NCc1ccc(C(=N)N)cc1)CC2)C(=O)O. The van der Waals surface area contributed by atoms with Crippen molar-refractivity contribution in [2.24, 2.45) is 5.73 Å². The average Bonchev–Trinajstić information content (AvgIpc) is 3.18. The van der Waals surface area contributed by atoms with Gasteiger partial charge in [-0.3, -0.25) is 19.6 Å². The van der Waals surface area contributed by atoms with Gasteiger partial charge >= 0.3 is 5.97 Å². The van der Waals surface area contributed by atoms with Gasteiger partial charge in [0.15, 0.2) is 0 Å². The fraction of sp³-hybridized carbons (Fsp3) is 0.381. The smallest absolute Gasteiger partial charge is 0.326 e. The topological polar surface area (TPSA) is 163 Å². The maximum absolute atomic E-state index is 13.0. The van der Waals surface area contributed by atoms with Crippen molar-refractivity contribution in [1.29, 1.82) is 5.41 Å². The number of carbonyl (C=O) groups is 2. The molecule has 3 rings (SSSR count). The third-order valence-corrected chi connectivity index (χ3v) is 5.26. The Morgan fingerprint density at radius 1 is 1.35 bits per heavy atom. The number of nitrogen functional groups attached to an aromatic ring is 1. The Hall–Kier alpha value is -3.69. The number of amidine groups is 1. The molecular weight excluding hydrogens is 400 g/mol. The van der Waals surface area contributed by atoms with E-state index < -0.39 is 23.6 Å². The highest BCUT2D eigenvalue weighted by atomic mass is 16.4. The Labute approximate surface area is 179 Å². The molecule has 2 atom stereocenters. The standard InChI is InChI=1S/C21H26N6O4/c1-2-3-14(21(30)31)26-15-11-24-17-9-8-16(27(17)20(15)29)19(28)25-10-12-4-6-13(7-5-12)18(22)23/h4-7,11,14,16,26H,2-3,8-10H2,1H3,(H3,22,23)(H,25,28)(H,30,31). The monoisotopic (exact) mass is 426 g/mol. The van der Waals surface area contributed by atoms with Crippen molar-refractivity contribution in [3.63, 3.8) is 0 Å². The molecule has 6 N–H and O–H groups in total. The molecule has 31 heavy (non-hydrogen) atoms. The average molecular weight is 426 g/mol. The van der Waals surface area contributed by atoms with Gasteiger partial charge in [0.05, 0.1) is 6.20 Å². The molecule has 10 heteroatoms. The van der Waals surface area contributed by atoms with E-state index in [0.29, 0.717) is 37.1 Å². The number of nitrogens with two attached hydrogens (primary N) is 1. The summed E-state index contributed by atoms with van der Waals surface area (Å²) in [6.45, 7) is 2.13. The van der Waals surface area contributed by atoms with Crippen LogP contribution in [0.4, 0.5) is 5.69 Å². The Morgan fingerprint density at radius 2 is 2.06 bits per heavy atom. The summed E-state index contributed by atoms with van der Waals surface area (Å²) in [5.74, 6) is -0.877. The molecule has 2 aromatic rings. The van der Waals surface area contributed by atoms with Crippen molar-refractivity contribution in [3.8, 4) is 0 Å². The number of hydrogen-bond acceptors (Lipinski definition) is 6. The number of aliphatic carboxylic acids is 1. The summed E-state index contributed by atoms with van der Waals surface area (Å²) in [5.41, 5.74) is 6.50. The summed E-state index contributed by atoms with van der Waals surface area (Å²) in [6, 6.07) is 5.35. The van der Waals surface area contributed by atoms with Crippen LogP contribution in [0.3, 0.4) is 0 Å². The van der Waals surface area contributed by atoms with Crippen LogP contribution in [0.1, 0.15) is 49.2 Å². The Morgan fingerprint density at radius 3 is 2.68 bits per heavy atom. The number of nitrogens with zero attached hydrogens (tertiary/aromatic N) is 2. The molecule has 1 amide bonds. The summed E-state index contributed by atoms with van der Waals surface area (Å²) >= 11 is 0. The fourth-order valence-electron chi connectivity index (χ4n) is 3.60. The van der Waals surface area contributed by atoms with E-state index in [1.807, 2.05) is 6.92 Å². The summed E-state index contributed by atoms with van der Waals surface area (Å²) in [5, 5.41) is 22.3. The number of anilines is 1. The highest BCUT2D eigenvalue weighted by molar-refractivity contribution is 5.94. The molecule has 0 radical (unpaired) electrons. The van der Waals surface area contributed by atoms with E-state index in [1.54, 1.807) is 24.3 Å². The van der Waals surface area contributed by atoms with Crippen LogP contribution in [-0.4, -0.2) is 38.4 Å². The lowest BCUT2D eigenvalue weighted by Gasteiger charge is -2.18. The molecule has 1 aromatic carbocycles. The number of aryl methyl sites for hydroxylation is 1. The lowest BCUT2D eigenvalue weighted by Crippen LogP contribution is -2.38. The van der Waals surface area contributed by atoms with E-state index in [2.05, 4.69) is 15.6 Å². The fourth-order valence-corrected chi connectivity index (χ4v) is 3.60. The Bertz CT molecular complexity index is 1050. The number of benzene rings is 1. The lowest BCUT2D eigenvalue weighted by molar-refractivity contribution is -0.138. The third-order valence-electron chi connectivity index (χ3n) is 5.26. The molecule has 1 aromatic heterocycles. The van der Waals surface area contributed by atoms with Crippen molar-refractivity contribution in [3.05, 3.63) is 57.8 Å². The van der Waals surface area contributed by atoms with Gasteiger partial charge in [0.2, 0.25) is 5.91 Å². The normalized spacial score (nSPS) is 15.7. The van der Waals surface area contributed by atoms with Gasteiger partial charge in [-0.05, 0) is 18.4 Å². The Balaban J connectivity index is 1.74. The van der Waals surface area contributed by atoms with Gasteiger partial charge in [0, 0.05) is 18.5 Å². The molecule has 0 fully saturated rings. The molecule has 0 saturated carbocycles. The lowest BCUT2D eigenvalue weighted by atomic mass is 10.1. The molecule has 0 spiro atoms. The van der Waals surface area contributed by atoms with Crippen LogP contribution in [0.2, 0.25) is 0 Å². The van der Waals surface area contributed by atoms with Crippen LogP contribution in [0.15, 0.2) is 35.3 Å². The maximum Gasteiger partial charge on any atom is 0.326 e. The Kier molecular flexibility index (Phi) is 6.68. The van der Waals surface area contributed by atoms with Gasteiger partial charge in [0.25, 0.3) is 5.56 Å². The van der Waals surface area contributed by atoms with Crippen LogP contribution < -0.4 is 21.9 Å². The molecule has 1 aliphatic rings. The molecule has 0 saturated heterocycles. The van der Waals surface area contributed by atoms with E-state index >= 15 is 0 Å². The van der Waals surface area contributed by atoms with Gasteiger partial charge in [-0.25, -0.2) is 9.78 Å². The summed E-state index contributed by atoms with van der Waals surface area (Å²) in [4.78, 5) is 41.4. The highest BCUT2D eigenvalue weighted by Gasteiger charge is 2.31. The number of carboxylic acids is 1. The van der Waals surface area contributed by atoms with Crippen molar-refractivity contribution in [2.75, 3.05) is 5.32 Å². The van der Waals surface area contributed by atoms with Crippen LogP contribution in [0.25, 0.3) is 0 Å². The number of carbonyl (C=O) groups excluding carboxylic acids is 1. The van der Waals surface area contributed by atoms with E-state index in [9.17, 15) is 19.5 Å². The van der Waals surface area contributed by atoms with E-state index in [0.717, 1.165) is 5.56 Å². The molecule has 164 valence electrons. The van der Waals surface area contributed by atoms with Crippen molar-refractivity contribution in [2.45, 2.75) is 51.2 Å². The first-order valence-electron chi connectivity index (χ1n) is 10.1. The van der Waals surface area contributed by atoms with E-state index in [1.165, 1.54) is 10.8 Å². The molecule has 2 heterocycles. The molecule has 1 aliphatic heterocycles. The van der Waals surface area contributed by atoms with Crippen molar-refractivity contribution in [1.82, 2.24) is 14.9 Å². The van der Waals surface area contributed by atoms with Crippen LogP contribution in [0.5, 0.6) is 0 Å². The van der Waals surface area contributed by atoms with Gasteiger partial charge in [-0.2, -0.15) is 0 Å². The first kappa shape index (κ1) is 22.0. The summed E-state index contributed by atoms with van der Waals surface area (Å²) in [7, 11) is 0. The molecular formula is C21H26N6O4.